The number of benzene rings is 11. The number of rotatable bonds is 3. The van der Waals surface area contributed by atoms with E-state index < -0.39 is 0 Å². The molecule has 2 aromatic heterocycles. The third kappa shape index (κ3) is 4.54. The molecule has 0 aliphatic carbocycles. The van der Waals surface area contributed by atoms with E-state index in [1.165, 1.54) is 76.1 Å². The summed E-state index contributed by atoms with van der Waals surface area (Å²) in [4.78, 5) is 0. The maximum Gasteiger partial charge on any atom is 0.178 e. The van der Waals surface area contributed by atoms with Crippen molar-refractivity contribution in [2.45, 2.75) is 0 Å². The smallest absolute Gasteiger partial charge is 0.178 e. The number of hydrogen-bond acceptors (Lipinski definition) is 2. The minimum Gasteiger partial charge on any atom is -0.452 e. The predicted octanol–water partition coefficient (Wildman–Crippen LogP) is 16.3. The van der Waals surface area contributed by atoms with Crippen LogP contribution in [0.15, 0.2) is 203 Å². The van der Waals surface area contributed by atoms with Crippen LogP contribution in [0.2, 0.25) is 0 Å². The van der Waals surface area contributed by atoms with Gasteiger partial charge in [-0.2, -0.15) is 0 Å². The van der Waals surface area contributed by atoms with Crippen molar-refractivity contribution in [3.8, 4) is 33.4 Å². The molecule has 0 unspecified atom stereocenters. The van der Waals surface area contributed by atoms with Gasteiger partial charge in [0.2, 0.25) is 0 Å². The third-order valence-electron chi connectivity index (χ3n) is 12.4. The average molecular weight is 737 g/mol. The van der Waals surface area contributed by atoms with Crippen LogP contribution >= 0.6 is 0 Å². The van der Waals surface area contributed by atoms with Gasteiger partial charge < -0.3 is 8.83 Å². The maximum absolute atomic E-state index is 6.61. The number of furan rings is 2. The van der Waals surface area contributed by atoms with Gasteiger partial charge in [-0.05, 0) is 142 Å². The Balaban J connectivity index is 0.914. The van der Waals surface area contributed by atoms with Crippen molar-refractivity contribution in [3.05, 3.63) is 194 Å². The Kier molecular flexibility index (Phi) is 6.47. The number of hydrogen-bond donors (Lipinski definition) is 0. The molecule has 0 aliphatic rings. The van der Waals surface area contributed by atoms with Crippen LogP contribution in [0.1, 0.15) is 0 Å². The Bertz CT molecular complexity index is 3820. The fourth-order valence-corrected chi connectivity index (χ4v) is 9.67. The molecule has 13 aromatic rings. The highest BCUT2D eigenvalue weighted by Gasteiger charge is 2.18. The first-order chi connectivity index (χ1) is 28.7. The lowest BCUT2D eigenvalue weighted by molar-refractivity contribution is 0.633. The van der Waals surface area contributed by atoms with Crippen LogP contribution in [0.25, 0.3) is 131 Å². The Morgan fingerprint density at radius 2 is 0.638 bits per heavy atom. The highest BCUT2D eigenvalue weighted by molar-refractivity contribution is 6.26. The molecule has 0 atom stereocenters. The van der Waals surface area contributed by atoms with Crippen LogP contribution in [0.4, 0.5) is 0 Å². The van der Waals surface area contributed by atoms with Gasteiger partial charge in [0.1, 0.15) is 11.2 Å². The van der Waals surface area contributed by atoms with Gasteiger partial charge in [0.05, 0.1) is 0 Å². The molecule has 0 N–H and O–H groups in total. The van der Waals surface area contributed by atoms with Gasteiger partial charge in [-0.1, -0.05) is 140 Å². The first kappa shape index (κ1) is 31.5. The molecule has 2 heterocycles. The highest BCUT2D eigenvalue weighted by atomic mass is 16.4. The second-order valence-corrected chi connectivity index (χ2v) is 15.6. The molecule has 0 fully saturated rings. The summed E-state index contributed by atoms with van der Waals surface area (Å²) >= 11 is 0. The van der Waals surface area contributed by atoms with Crippen LogP contribution in [-0.4, -0.2) is 0 Å². The summed E-state index contributed by atoms with van der Waals surface area (Å²) in [6, 6.07) is 70.4. The predicted molar refractivity (Wildman–Crippen MR) is 245 cm³/mol. The molecule has 2 nitrogen and oxygen atoms in total. The lowest BCUT2D eigenvalue weighted by Crippen LogP contribution is -1.85. The monoisotopic (exact) mass is 736 g/mol. The van der Waals surface area contributed by atoms with Crippen LogP contribution in [-0.2, 0) is 0 Å². The van der Waals surface area contributed by atoms with Gasteiger partial charge in [-0.15, -0.1) is 0 Å². The zero-order valence-corrected chi connectivity index (χ0v) is 31.3. The van der Waals surface area contributed by atoms with Crippen molar-refractivity contribution in [2.24, 2.45) is 0 Å². The van der Waals surface area contributed by atoms with E-state index in [0.29, 0.717) is 0 Å². The van der Waals surface area contributed by atoms with Crippen LogP contribution < -0.4 is 0 Å². The lowest BCUT2D eigenvalue weighted by atomic mass is 9.91. The van der Waals surface area contributed by atoms with Crippen LogP contribution in [0, 0.1) is 0 Å². The van der Waals surface area contributed by atoms with Crippen molar-refractivity contribution in [3.63, 3.8) is 0 Å². The molecule has 0 amide bonds. The van der Waals surface area contributed by atoms with Crippen molar-refractivity contribution < 1.29 is 8.83 Å². The van der Waals surface area contributed by atoms with E-state index in [1.807, 2.05) is 0 Å². The third-order valence-corrected chi connectivity index (χ3v) is 12.4. The minimum absolute atomic E-state index is 0.781. The quantitative estimate of drug-likeness (QED) is 0.169. The second-order valence-electron chi connectivity index (χ2n) is 15.6. The van der Waals surface area contributed by atoms with E-state index in [-0.39, 0.29) is 0 Å². The standard InChI is InChI=1S/C56H32O2/c1-2-13-39-37(10-1)31-49(44-18-7-3-14-40(39)44)38-22-27-54-52(32-38)48-25-24-47-51-30-36(21-26-53(51)57-55(47)56(48)58-54)34-12-9-11-33(28-34)35-20-23-46-43-17-5-4-15-41(43)42-16-6-8-19-45(42)50(46)29-35/h1-32H. The molecule has 0 bridgehead atoms. The molecular weight excluding hydrogens is 705 g/mol. The average Bonchev–Trinajstić information content (AvgIpc) is 3.87. The molecule has 13 rings (SSSR count). The molecule has 58 heavy (non-hydrogen) atoms. The molecule has 0 radical (unpaired) electrons. The molecule has 0 saturated carbocycles. The summed E-state index contributed by atoms with van der Waals surface area (Å²) in [7, 11) is 0. The molecule has 0 aliphatic heterocycles. The highest BCUT2D eigenvalue weighted by Crippen LogP contribution is 2.43. The van der Waals surface area contributed by atoms with Crippen molar-refractivity contribution in [1.82, 2.24) is 0 Å². The largest absolute Gasteiger partial charge is 0.452 e. The van der Waals surface area contributed by atoms with Gasteiger partial charge in [-0.25, -0.2) is 0 Å². The number of fused-ring (bicyclic) bond motifs is 16. The van der Waals surface area contributed by atoms with Crippen molar-refractivity contribution in [2.75, 3.05) is 0 Å². The van der Waals surface area contributed by atoms with E-state index in [2.05, 4.69) is 194 Å². The normalized spacial score (nSPS) is 12.1. The van der Waals surface area contributed by atoms with Crippen molar-refractivity contribution >= 4 is 97.7 Å². The van der Waals surface area contributed by atoms with Crippen LogP contribution in [0.3, 0.4) is 0 Å². The minimum atomic E-state index is 0.781. The van der Waals surface area contributed by atoms with Gasteiger partial charge >= 0.3 is 0 Å². The first-order valence-electron chi connectivity index (χ1n) is 19.9. The van der Waals surface area contributed by atoms with Gasteiger partial charge in [0.25, 0.3) is 0 Å². The molecule has 11 aromatic carbocycles. The maximum atomic E-state index is 6.61. The summed E-state index contributed by atoms with van der Waals surface area (Å²) in [6.07, 6.45) is 0. The SMILES string of the molecule is c1cc(-c2ccc3oc4c(ccc5c6cc(-c7cc8ccccc8c8ccccc78)ccc6oc54)c3c2)cc(-c2ccc3c4ccccc4c4ccccc4c3c2)c1. The van der Waals surface area contributed by atoms with Gasteiger partial charge in [-0.3, -0.25) is 0 Å². The molecule has 0 spiro atoms. The van der Waals surface area contributed by atoms with Crippen molar-refractivity contribution in [1.29, 1.82) is 0 Å². The molecule has 0 saturated heterocycles. The Morgan fingerprint density at radius 1 is 0.224 bits per heavy atom. The fourth-order valence-electron chi connectivity index (χ4n) is 9.67. The zero-order valence-electron chi connectivity index (χ0n) is 31.3. The summed E-state index contributed by atoms with van der Waals surface area (Å²) in [5.74, 6) is 0. The van der Waals surface area contributed by atoms with Gasteiger partial charge in [0, 0.05) is 21.5 Å². The summed E-state index contributed by atoms with van der Waals surface area (Å²) in [5.41, 5.74) is 10.3. The van der Waals surface area contributed by atoms with E-state index >= 15 is 0 Å². The summed E-state index contributed by atoms with van der Waals surface area (Å²) in [6.45, 7) is 0. The summed E-state index contributed by atoms with van der Waals surface area (Å²) < 4.78 is 13.2. The van der Waals surface area contributed by atoms with Crippen LogP contribution in [0.5, 0.6) is 0 Å². The lowest BCUT2D eigenvalue weighted by Gasteiger charge is -2.12. The molecular formula is C56H32O2. The Labute approximate surface area is 332 Å². The fraction of sp³-hybridized carbons (Fsp3) is 0. The van der Waals surface area contributed by atoms with E-state index in [0.717, 1.165) is 55.0 Å². The van der Waals surface area contributed by atoms with E-state index in [9.17, 15) is 0 Å². The topological polar surface area (TPSA) is 26.3 Å². The van der Waals surface area contributed by atoms with E-state index in [4.69, 9.17) is 8.83 Å². The van der Waals surface area contributed by atoms with Gasteiger partial charge in [0.15, 0.2) is 11.2 Å². The first-order valence-corrected chi connectivity index (χ1v) is 19.9. The molecule has 2 heteroatoms. The molecule has 268 valence electrons. The second kappa shape index (κ2) is 11.9. The van der Waals surface area contributed by atoms with E-state index in [1.54, 1.807) is 0 Å². The summed E-state index contributed by atoms with van der Waals surface area (Å²) in [5, 5.41) is 17.0. The Hall–Kier alpha value is -7.68. The Morgan fingerprint density at radius 3 is 1.26 bits per heavy atom. The zero-order chi connectivity index (χ0) is 37.9.